The Morgan fingerprint density at radius 2 is 1.75 bits per heavy atom. The molecule has 9 heteroatoms. The van der Waals surface area contributed by atoms with Gasteiger partial charge in [-0.25, -0.2) is 9.59 Å². The highest BCUT2D eigenvalue weighted by molar-refractivity contribution is 6.14. The third-order valence-corrected chi connectivity index (χ3v) is 9.53. The Morgan fingerprint density at radius 1 is 1.02 bits per heavy atom. The van der Waals surface area contributed by atoms with Crippen LogP contribution in [0.15, 0.2) is 47.1 Å². The molecule has 5 rings (SSSR count). The van der Waals surface area contributed by atoms with E-state index in [1.165, 1.54) is 0 Å². The average Bonchev–Trinajstić information content (AvgIpc) is 3.29. The highest BCUT2D eigenvalue weighted by Gasteiger charge is 2.75. The van der Waals surface area contributed by atoms with Crippen LogP contribution < -0.4 is 0 Å². The molecule has 3 heterocycles. The van der Waals surface area contributed by atoms with Crippen LogP contribution in [-0.4, -0.2) is 47.2 Å². The molecule has 0 aromatic heterocycles. The first kappa shape index (κ1) is 32.1. The van der Waals surface area contributed by atoms with Gasteiger partial charge in [-0.2, -0.15) is 0 Å². The Balaban J connectivity index is 1.61. The Kier molecular flexibility index (Phi) is 8.91. The summed E-state index contributed by atoms with van der Waals surface area (Å²) in [6.07, 6.45) is 14.2. The number of ether oxygens (including phenoxy) is 4. The maximum atomic E-state index is 14.1. The van der Waals surface area contributed by atoms with Crippen molar-refractivity contribution in [1.82, 2.24) is 0 Å². The topological polar surface area (TPSA) is 122 Å². The van der Waals surface area contributed by atoms with E-state index >= 15 is 0 Å². The second-order valence-electron chi connectivity index (χ2n) is 13.7. The molecule has 2 fully saturated rings. The fourth-order valence-electron chi connectivity index (χ4n) is 7.76. The van der Waals surface area contributed by atoms with Crippen LogP contribution >= 0.6 is 0 Å². The molecule has 1 unspecified atom stereocenters. The summed E-state index contributed by atoms with van der Waals surface area (Å²) in [4.78, 5) is 67.5. The van der Waals surface area contributed by atoms with Crippen LogP contribution in [0.2, 0.25) is 0 Å². The van der Waals surface area contributed by atoms with Crippen molar-refractivity contribution in [2.24, 2.45) is 23.2 Å². The molecule has 0 saturated carbocycles. The smallest absolute Gasteiger partial charge is 0.343 e. The van der Waals surface area contributed by atoms with Gasteiger partial charge in [0.05, 0.1) is 23.5 Å². The largest absolute Gasteiger partial charge is 0.460 e. The predicted molar refractivity (Wildman–Crippen MR) is 159 cm³/mol. The summed E-state index contributed by atoms with van der Waals surface area (Å²) in [5.41, 5.74) is -1.77. The molecule has 238 valence electrons. The molecule has 6 atom stereocenters. The second kappa shape index (κ2) is 12.2. The number of allylic oxidation sites excluding steroid dienone is 5. The van der Waals surface area contributed by atoms with Crippen molar-refractivity contribution in [3.8, 4) is 0 Å². The SMILES string of the molecule is C/C=C/CCCCC[C@H]1C=C2C34OC(=O)[C@]2(CC(=O)OC(C)(C)C)CC2=C(C(=O)OC2=O)[C@@H]3[C@@H]1C[C@@H](C(=O)CC/C=C/C)O4. The van der Waals surface area contributed by atoms with Crippen molar-refractivity contribution in [1.29, 1.82) is 0 Å². The summed E-state index contributed by atoms with van der Waals surface area (Å²) in [5, 5.41) is 0. The number of ketones is 1. The van der Waals surface area contributed by atoms with E-state index in [9.17, 15) is 24.0 Å². The van der Waals surface area contributed by atoms with Crippen molar-refractivity contribution in [2.45, 2.75) is 116 Å². The van der Waals surface area contributed by atoms with Crippen molar-refractivity contribution < 1.29 is 42.9 Å². The quantitative estimate of drug-likeness (QED) is 0.0893. The van der Waals surface area contributed by atoms with Gasteiger partial charge in [-0.1, -0.05) is 43.2 Å². The molecule has 0 N–H and O–H groups in total. The minimum Gasteiger partial charge on any atom is -0.460 e. The Bertz CT molecular complexity index is 1360. The van der Waals surface area contributed by atoms with Gasteiger partial charge in [0.15, 0.2) is 5.78 Å². The molecule has 0 aromatic carbocycles. The van der Waals surface area contributed by atoms with Crippen LogP contribution in [0.5, 0.6) is 0 Å². The number of hydrogen-bond donors (Lipinski definition) is 0. The van der Waals surface area contributed by atoms with Crippen molar-refractivity contribution in [2.75, 3.05) is 0 Å². The van der Waals surface area contributed by atoms with Crippen molar-refractivity contribution >= 4 is 29.7 Å². The Labute approximate surface area is 259 Å². The lowest BCUT2D eigenvalue weighted by Gasteiger charge is -2.52. The maximum absolute atomic E-state index is 14.1. The van der Waals surface area contributed by atoms with E-state index in [4.69, 9.17) is 18.9 Å². The van der Waals surface area contributed by atoms with Gasteiger partial charge in [0, 0.05) is 18.4 Å². The summed E-state index contributed by atoms with van der Waals surface area (Å²) in [7, 11) is 0. The van der Waals surface area contributed by atoms with Crippen LogP contribution in [-0.2, 0) is 42.9 Å². The number of cyclic esters (lactones) is 2. The third-order valence-electron chi connectivity index (χ3n) is 9.53. The molecule has 5 aliphatic rings. The first-order valence-electron chi connectivity index (χ1n) is 16.0. The van der Waals surface area contributed by atoms with E-state index in [1.807, 2.05) is 38.2 Å². The van der Waals surface area contributed by atoms with Gasteiger partial charge in [0.2, 0.25) is 5.79 Å². The van der Waals surface area contributed by atoms with E-state index in [2.05, 4.69) is 6.08 Å². The lowest BCUT2D eigenvalue weighted by atomic mass is 9.59. The summed E-state index contributed by atoms with van der Waals surface area (Å²) >= 11 is 0. The molecule has 5 bridgehead atoms. The number of hydrogen-bond acceptors (Lipinski definition) is 9. The number of Topliss-reactive ketones (excluding diaryl/α,β-unsaturated/α-hetero) is 1. The number of carbonyl (C=O) groups is 5. The molecule has 44 heavy (non-hydrogen) atoms. The van der Waals surface area contributed by atoms with E-state index in [0.29, 0.717) is 18.4 Å². The summed E-state index contributed by atoms with van der Waals surface area (Å²) in [6.45, 7) is 9.09. The molecular formula is C35H44O9. The molecule has 0 radical (unpaired) electrons. The lowest BCUT2D eigenvalue weighted by molar-refractivity contribution is -0.268. The van der Waals surface area contributed by atoms with Crippen LogP contribution in [0.1, 0.15) is 98.8 Å². The van der Waals surface area contributed by atoms with E-state index in [-0.39, 0.29) is 41.6 Å². The average molecular weight is 609 g/mol. The van der Waals surface area contributed by atoms with Crippen molar-refractivity contribution in [3.63, 3.8) is 0 Å². The van der Waals surface area contributed by atoms with Gasteiger partial charge < -0.3 is 18.9 Å². The fourth-order valence-corrected chi connectivity index (χ4v) is 7.76. The van der Waals surface area contributed by atoms with Crippen LogP contribution in [0.3, 0.4) is 0 Å². The van der Waals surface area contributed by atoms with Gasteiger partial charge in [-0.15, -0.1) is 0 Å². The van der Waals surface area contributed by atoms with Gasteiger partial charge >= 0.3 is 23.9 Å². The molecule has 3 aliphatic heterocycles. The number of esters is 4. The second-order valence-corrected chi connectivity index (χ2v) is 13.7. The van der Waals surface area contributed by atoms with E-state index < -0.39 is 59.1 Å². The maximum Gasteiger partial charge on any atom is 0.343 e. The van der Waals surface area contributed by atoms with Crippen molar-refractivity contribution in [3.05, 3.63) is 47.1 Å². The molecule has 2 aliphatic carbocycles. The predicted octanol–water partition coefficient (Wildman–Crippen LogP) is 5.77. The molecule has 9 nitrogen and oxygen atoms in total. The Morgan fingerprint density at radius 3 is 2.45 bits per heavy atom. The Hall–Kier alpha value is -3.33. The van der Waals surface area contributed by atoms with E-state index in [1.54, 1.807) is 20.8 Å². The van der Waals surface area contributed by atoms with Gasteiger partial charge in [0.1, 0.15) is 17.1 Å². The highest BCUT2D eigenvalue weighted by atomic mass is 16.7. The summed E-state index contributed by atoms with van der Waals surface area (Å²) in [6, 6.07) is 0. The van der Waals surface area contributed by atoms with Gasteiger partial charge in [0.25, 0.3) is 0 Å². The monoisotopic (exact) mass is 608 g/mol. The number of carbonyl (C=O) groups excluding carboxylic acids is 5. The van der Waals surface area contributed by atoms with Gasteiger partial charge in [-0.05, 0) is 78.6 Å². The zero-order chi connectivity index (χ0) is 31.9. The third kappa shape index (κ3) is 5.64. The molecule has 0 amide bonds. The van der Waals surface area contributed by atoms with E-state index in [0.717, 1.165) is 32.1 Å². The number of rotatable bonds is 12. The normalized spacial score (nSPS) is 32.5. The summed E-state index contributed by atoms with van der Waals surface area (Å²) < 4.78 is 23.5. The highest BCUT2D eigenvalue weighted by Crippen LogP contribution is 2.67. The van der Waals surface area contributed by atoms with Crippen LogP contribution in [0, 0.1) is 23.2 Å². The van der Waals surface area contributed by atoms with Crippen LogP contribution in [0.4, 0.5) is 0 Å². The molecular weight excluding hydrogens is 564 g/mol. The zero-order valence-corrected chi connectivity index (χ0v) is 26.4. The number of unbranched alkanes of at least 4 members (excludes halogenated alkanes) is 3. The minimum absolute atomic E-state index is 0.0893. The minimum atomic E-state index is -1.79. The first-order valence-corrected chi connectivity index (χ1v) is 16.0. The molecule has 2 saturated heterocycles. The van der Waals surface area contributed by atoms with Crippen LogP contribution in [0.25, 0.3) is 0 Å². The molecule has 1 spiro atoms. The first-order chi connectivity index (χ1) is 20.9. The standard InChI is InChI=1S/C35H44O9/c1-6-8-10-11-12-14-15-21-17-26-34(20-27(37)43-33(3,4)5)19-23-28(31(39)41-30(23)38)29-22(21)18-25(24(36)16-13-9-7-2)42-35(26,29)44-32(34)40/h6-9,17,21-22,25,29H,10-16,18-20H2,1-5H3/b8-6+,9-7+/t21-,22+,25-,29-,34-,35?/m0/s1. The lowest BCUT2D eigenvalue weighted by Crippen LogP contribution is -2.59. The fraction of sp³-hybridized carbons (Fsp3) is 0.629. The zero-order valence-electron chi connectivity index (χ0n) is 26.4. The molecule has 0 aromatic rings. The van der Waals surface area contributed by atoms with Gasteiger partial charge in [-0.3, -0.25) is 14.4 Å². The summed E-state index contributed by atoms with van der Waals surface area (Å²) in [5.74, 6) is -6.11.